The number of anilines is 2. The summed E-state index contributed by atoms with van der Waals surface area (Å²) in [5, 5.41) is 3.13. The summed E-state index contributed by atoms with van der Waals surface area (Å²) in [6.07, 6.45) is 0. The van der Waals surface area contributed by atoms with Crippen molar-refractivity contribution in [2.45, 2.75) is 26.3 Å². The van der Waals surface area contributed by atoms with Gasteiger partial charge in [-0.05, 0) is 20.8 Å². The Morgan fingerprint density at radius 1 is 1.22 bits per heavy atom. The third kappa shape index (κ3) is 4.30. The molecular weight excluding hydrogens is 236 g/mol. The molecule has 0 aliphatic heterocycles. The van der Waals surface area contributed by atoms with Crippen molar-refractivity contribution in [3.8, 4) is 6.01 Å². The van der Waals surface area contributed by atoms with Crippen molar-refractivity contribution in [1.82, 2.24) is 15.0 Å². The van der Waals surface area contributed by atoms with Gasteiger partial charge in [-0.1, -0.05) is 0 Å². The summed E-state index contributed by atoms with van der Waals surface area (Å²) in [5.74, 6) is 5.91. The molecule has 0 unspecified atom stereocenters. The van der Waals surface area contributed by atoms with Crippen LogP contribution in [0.5, 0.6) is 6.01 Å². The molecule has 4 N–H and O–H groups in total. The van der Waals surface area contributed by atoms with E-state index in [0.717, 1.165) is 0 Å². The van der Waals surface area contributed by atoms with E-state index in [4.69, 9.17) is 15.3 Å². The molecule has 0 aliphatic rings. The van der Waals surface area contributed by atoms with Crippen LogP contribution < -0.4 is 21.3 Å². The Morgan fingerprint density at radius 2 is 1.89 bits per heavy atom. The van der Waals surface area contributed by atoms with E-state index in [-0.39, 0.29) is 17.5 Å². The summed E-state index contributed by atoms with van der Waals surface area (Å²) in [5.41, 5.74) is 2.06. The van der Waals surface area contributed by atoms with Crippen molar-refractivity contribution >= 4 is 11.9 Å². The Bertz CT molecular complexity index is 385. The van der Waals surface area contributed by atoms with E-state index in [1.54, 1.807) is 7.11 Å². The molecule has 1 aromatic heterocycles. The average molecular weight is 256 g/mol. The van der Waals surface area contributed by atoms with Gasteiger partial charge in [0.1, 0.15) is 0 Å². The van der Waals surface area contributed by atoms with Gasteiger partial charge < -0.3 is 14.8 Å². The van der Waals surface area contributed by atoms with Crippen LogP contribution in [-0.2, 0) is 4.74 Å². The normalized spacial score (nSPS) is 11.2. The highest BCUT2D eigenvalue weighted by atomic mass is 16.5. The molecule has 0 aromatic carbocycles. The van der Waals surface area contributed by atoms with E-state index in [9.17, 15) is 0 Å². The third-order valence-corrected chi connectivity index (χ3v) is 1.97. The van der Waals surface area contributed by atoms with Crippen molar-refractivity contribution < 1.29 is 9.47 Å². The molecule has 0 amide bonds. The molecule has 0 atom stereocenters. The first kappa shape index (κ1) is 14.4. The van der Waals surface area contributed by atoms with Gasteiger partial charge in [-0.15, -0.1) is 0 Å². The lowest BCUT2D eigenvalue weighted by molar-refractivity contribution is 0.157. The molecular formula is C10H20N6O2. The van der Waals surface area contributed by atoms with Crippen LogP contribution in [0.2, 0.25) is 0 Å². The van der Waals surface area contributed by atoms with Crippen LogP contribution in [0.3, 0.4) is 0 Å². The van der Waals surface area contributed by atoms with Crippen molar-refractivity contribution in [3.63, 3.8) is 0 Å². The molecule has 1 aromatic rings. The maximum absolute atomic E-state index is 5.30. The van der Waals surface area contributed by atoms with E-state index in [1.807, 2.05) is 20.8 Å². The fourth-order valence-corrected chi connectivity index (χ4v) is 1.37. The van der Waals surface area contributed by atoms with E-state index in [0.29, 0.717) is 19.2 Å². The molecule has 102 valence electrons. The topological polar surface area (TPSA) is 107 Å². The zero-order valence-corrected chi connectivity index (χ0v) is 11.1. The van der Waals surface area contributed by atoms with E-state index < -0.39 is 0 Å². The smallest absolute Gasteiger partial charge is 0.323 e. The van der Waals surface area contributed by atoms with Gasteiger partial charge in [-0.25, -0.2) is 5.84 Å². The van der Waals surface area contributed by atoms with Crippen LogP contribution in [-0.4, -0.2) is 40.8 Å². The number of methoxy groups -OCH3 is 1. The molecule has 1 heterocycles. The van der Waals surface area contributed by atoms with Gasteiger partial charge in [0.2, 0.25) is 11.9 Å². The molecule has 8 nitrogen and oxygen atoms in total. The van der Waals surface area contributed by atoms with Crippen molar-refractivity contribution in [2.75, 3.05) is 31.1 Å². The fraction of sp³-hybridized carbons (Fsp3) is 0.700. The Morgan fingerprint density at radius 3 is 2.44 bits per heavy atom. The number of hydrazine groups is 1. The third-order valence-electron chi connectivity index (χ3n) is 1.97. The number of ether oxygens (including phenoxy) is 2. The van der Waals surface area contributed by atoms with Gasteiger partial charge in [-0.3, -0.25) is 5.43 Å². The van der Waals surface area contributed by atoms with Crippen LogP contribution >= 0.6 is 0 Å². The van der Waals surface area contributed by atoms with Gasteiger partial charge >= 0.3 is 6.01 Å². The molecule has 0 spiro atoms. The molecule has 0 saturated carbocycles. The highest BCUT2D eigenvalue weighted by molar-refractivity contribution is 5.36. The molecule has 18 heavy (non-hydrogen) atoms. The molecule has 0 saturated heterocycles. The number of aromatic nitrogens is 3. The lowest BCUT2D eigenvalue weighted by atomic mass is 10.1. The number of rotatable bonds is 7. The summed E-state index contributed by atoms with van der Waals surface area (Å²) < 4.78 is 10.3. The second kappa shape index (κ2) is 6.31. The molecule has 1 rings (SSSR count). The first-order chi connectivity index (χ1) is 8.50. The van der Waals surface area contributed by atoms with Gasteiger partial charge in [0.25, 0.3) is 0 Å². The lowest BCUT2D eigenvalue weighted by Gasteiger charge is -2.25. The summed E-state index contributed by atoms with van der Waals surface area (Å²) in [6.45, 7) is 6.76. The maximum Gasteiger partial charge on any atom is 0.323 e. The quantitative estimate of drug-likeness (QED) is 0.475. The standard InChI is InChI=1S/C10H20N6O2/c1-5-18-9-13-7(12-8(14-9)16-11)15-10(2,3)6-17-4/h5-6,11H2,1-4H3,(H2,12,13,14,15,16). The highest BCUT2D eigenvalue weighted by Crippen LogP contribution is 2.15. The van der Waals surface area contributed by atoms with Crippen LogP contribution in [0.4, 0.5) is 11.9 Å². The number of nitrogens with two attached hydrogens (primary N) is 1. The van der Waals surface area contributed by atoms with Gasteiger partial charge in [0, 0.05) is 7.11 Å². The molecule has 8 heteroatoms. The summed E-state index contributed by atoms with van der Waals surface area (Å²) in [4.78, 5) is 12.2. The predicted molar refractivity (Wildman–Crippen MR) is 68.4 cm³/mol. The van der Waals surface area contributed by atoms with E-state index >= 15 is 0 Å². The summed E-state index contributed by atoms with van der Waals surface area (Å²) >= 11 is 0. The lowest BCUT2D eigenvalue weighted by Crippen LogP contribution is -2.36. The Hall–Kier alpha value is -1.67. The number of nitrogens with one attached hydrogen (secondary N) is 2. The largest absolute Gasteiger partial charge is 0.464 e. The van der Waals surface area contributed by atoms with Crippen molar-refractivity contribution in [2.24, 2.45) is 5.84 Å². The number of nitrogen functional groups attached to an aromatic ring is 1. The molecule has 0 aliphatic carbocycles. The second-order valence-electron chi connectivity index (χ2n) is 4.28. The van der Waals surface area contributed by atoms with E-state index in [1.165, 1.54) is 0 Å². The minimum absolute atomic E-state index is 0.219. The van der Waals surface area contributed by atoms with Crippen molar-refractivity contribution in [3.05, 3.63) is 0 Å². The first-order valence-electron chi connectivity index (χ1n) is 5.63. The predicted octanol–water partition coefficient (Wildman–Crippen LogP) is 0.393. The minimum Gasteiger partial charge on any atom is -0.464 e. The number of nitrogens with zero attached hydrogens (tertiary/aromatic N) is 3. The summed E-state index contributed by atoms with van der Waals surface area (Å²) in [7, 11) is 1.63. The monoisotopic (exact) mass is 256 g/mol. The second-order valence-corrected chi connectivity index (χ2v) is 4.28. The Kier molecular flexibility index (Phi) is 5.05. The zero-order chi connectivity index (χ0) is 13.6. The zero-order valence-electron chi connectivity index (χ0n) is 11.1. The van der Waals surface area contributed by atoms with Gasteiger partial charge in [0.05, 0.1) is 18.8 Å². The Labute approximate surface area is 106 Å². The van der Waals surface area contributed by atoms with Crippen LogP contribution in [0.15, 0.2) is 0 Å². The van der Waals surface area contributed by atoms with Crippen LogP contribution in [0.25, 0.3) is 0 Å². The Balaban J connectivity index is 2.90. The SMILES string of the molecule is CCOc1nc(NN)nc(NC(C)(C)COC)n1. The maximum atomic E-state index is 5.30. The molecule has 0 fully saturated rings. The first-order valence-corrected chi connectivity index (χ1v) is 5.63. The number of hydrogen-bond acceptors (Lipinski definition) is 8. The minimum atomic E-state index is -0.314. The fourth-order valence-electron chi connectivity index (χ4n) is 1.37. The number of hydrogen-bond donors (Lipinski definition) is 3. The highest BCUT2D eigenvalue weighted by Gasteiger charge is 2.19. The average Bonchev–Trinajstić information content (AvgIpc) is 2.28. The van der Waals surface area contributed by atoms with Crippen LogP contribution in [0.1, 0.15) is 20.8 Å². The van der Waals surface area contributed by atoms with Crippen molar-refractivity contribution in [1.29, 1.82) is 0 Å². The van der Waals surface area contributed by atoms with Crippen LogP contribution in [0, 0.1) is 0 Å². The molecule has 0 radical (unpaired) electrons. The van der Waals surface area contributed by atoms with Gasteiger partial charge in [-0.2, -0.15) is 15.0 Å². The van der Waals surface area contributed by atoms with Gasteiger partial charge in [0.15, 0.2) is 0 Å². The van der Waals surface area contributed by atoms with E-state index in [2.05, 4.69) is 25.7 Å². The molecule has 0 bridgehead atoms. The summed E-state index contributed by atoms with van der Waals surface area (Å²) in [6, 6.07) is 0.219.